The summed E-state index contributed by atoms with van der Waals surface area (Å²) < 4.78 is 5.80. The highest BCUT2D eigenvalue weighted by atomic mass is 16.5. The molecular weight excluding hydrogens is 420 g/mol. The molecular formula is C30H44N2O2. The molecule has 34 heavy (non-hydrogen) atoms. The van der Waals surface area contributed by atoms with E-state index in [1.165, 1.54) is 24.0 Å². The van der Waals surface area contributed by atoms with Crippen LogP contribution in [0.5, 0.6) is 0 Å². The van der Waals surface area contributed by atoms with Crippen LogP contribution in [0.15, 0.2) is 22.4 Å². The smallest absolute Gasteiger partial charge is 0.159 e. The Balaban J connectivity index is 1.51. The molecule has 0 spiro atoms. The Bertz CT molecular complexity index is 1090. The lowest BCUT2D eigenvalue weighted by atomic mass is 9.34. The predicted molar refractivity (Wildman–Crippen MR) is 134 cm³/mol. The number of nitrogens with two attached hydrogens (primary N) is 1. The molecule has 0 bridgehead atoms. The summed E-state index contributed by atoms with van der Waals surface area (Å²) in [7, 11) is 0. The SMILES string of the molecule is C[C@@H]1[C@H]2[C@H]3C(=O)C=C4[C@@]5(C)Cc6cnoc6C(C)(C)[C@@H]5CC[C@@]4(C)[C@]3(C)CC[C@@]2(N)CC[C@H]1C. The summed E-state index contributed by atoms with van der Waals surface area (Å²) in [5.74, 6) is 3.32. The van der Waals surface area contributed by atoms with Gasteiger partial charge in [-0.2, -0.15) is 0 Å². The van der Waals surface area contributed by atoms with Crippen LogP contribution in [0, 0.1) is 45.8 Å². The maximum atomic E-state index is 14.3. The Kier molecular flexibility index (Phi) is 4.51. The summed E-state index contributed by atoms with van der Waals surface area (Å²) >= 11 is 0. The molecule has 3 saturated carbocycles. The first kappa shape index (κ1) is 23.0. The van der Waals surface area contributed by atoms with Gasteiger partial charge in [-0.05, 0) is 90.9 Å². The molecule has 6 rings (SSSR count). The molecule has 0 amide bonds. The first-order valence-corrected chi connectivity index (χ1v) is 13.8. The summed E-state index contributed by atoms with van der Waals surface area (Å²) in [4.78, 5) is 14.3. The predicted octanol–water partition coefficient (Wildman–Crippen LogP) is 6.24. The van der Waals surface area contributed by atoms with E-state index in [0.29, 0.717) is 23.5 Å². The fourth-order valence-corrected chi connectivity index (χ4v) is 10.6. The van der Waals surface area contributed by atoms with Crippen molar-refractivity contribution in [2.24, 2.45) is 51.6 Å². The topological polar surface area (TPSA) is 69.1 Å². The Morgan fingerprint density at radius 3 is 2.50 bits per heavy atom. The van der Waals surface area contributed by atoms with Crippen molar-refractivity contribution in [2.75, 3.05) is 0 Å². The summed E-state index contributed by atoms with van der Waals surface area (Å²) in [6, 6.07) is 0. The highest BCUT2D eigenvalue weighted by molar-refractivity contribution is 5.95. The lowest BCUT2D eigenvalue weighted by molar-refractivity contribution is -0.162. The first-order valence-electron chi connectivity index (χ1n) is 13.8. The van der Waals surface area contributed by atoms with Gasteiger partial charge in [-0.15, -0.1) is 0 Å². The fourth-order valence-electron chi connectivity index (χ4n) is 10.6. The van der Waals surface area contributed by atoms with Crippen molar-refractivity contribution < 1.29 is 9.32 Å². The van der Waals surface area contributed by atoms with Crippen LogP contribution in [0.1, 0.15) is 98.3 Å². The number of carbonyl (C=O) groups is 1. The molecule has 3 fully saturated rings. The number of allylic oxidation sites excluding steroid dienone is 2. The van der Waals surface area contributed by atoms with Gasteiger partial charge in [0.15, 0.2) is 5.78 Å². The quantitative estimate of drug-likeness (QED) is 0.494. The zero-order chi connectivity index (χ0) is 24.5. The van der Waals surface area contributed by atoms with Crippen molar-refractivity contribution in [3.8, 4) is 0 Å². The van der Waals surface area contributed by atoms with Crippen molar-refractivity contribution in [1.82, 2.24) is 5.16 Å². The number of nitrogens with zero attached hydrogens (tertiary/aromatic N) is 1. The maximum absolute atomic E-state index is 14.3. The lowest BCUT2D eigenvalue weighted by Gasteiger charge is -2.69. The van der Waals surface area contributed by atoms with Gasteiger partial charge in [-0.25, -0.2) is 0 Å². The Morgan fingerprint density at radius 1 is 1.03 bits per heavy atom. The molecule has 1 heterocycles. The number of hydrogen-bond acceptors (Lipinski definition) is 4. The third kappa shape index (κ3) is 2.49. The molecule has 0 radical (unpaired) electrons. The summed E-state index contributed by atoms with van der Waals surface area (Å²) in [5, 5.41) is 4.20. The van der Waals surface area contributed by atoms with Crippen LogP contribution in [0.4, 0.5) is 0 Å². The number of ketones is 1. The van der Waals surface area contributed by atoms with Gasteiger partial charge in [0.2, 0.25) is 0 Å². The van der Waals surface area contributed by atoms with E-state index >= 15 is 0 Å². The molecule has 4 nitrogen and oxygen atoms in total. The Morgan fingerprint density at radius 2 is 1.76 bits per heavy atom. The van der Waals surface area contributed by atoms with Gasteiger partial charge in [0.1, 0.15) is 5.76 Å². The molecule has 2 N–H and O–H groups in total. The molecule has 0 unspecified atom stereocenters. The van der Waals surface area contributed by atoms with Gasteiger partial charge in [0, 0.05) is 22.4 Å². The molecule has 0 saturated heterocycles. The standard InChI is InChI=1S/C30H44N2O2/c1-17-8-11-30(31)13-12-29(7)24(23(30)18(17)2)20(33)14-22-27(5)15-19-16-32-34-25(19)26(3,4)21(27)9-10-28(22,29)6/h14,16-18,21,23-24H,8-13,15,31H2,1-7H3/t17-,18+,21+,23+,24-,27+,28-,29-,30+/m1/s1. The van der Waals surface area contributed by atoms with E-state index in [9.17, 15) is 4.79 Å². The number of hydrogen-bond donors (Lipinski definition) is 1. The van der Waals surface area contributed by atoms with E-state index in [1.807, 2.05) is 6.20 Å². The molecule has 1 aromatic rings. The van der Waals surface area contributed by atoms with Crippen LogP contribution < -0.4 is 5.73 Å². The van der Waals surface area contributed by atoms with Crippen molar-refractivity contribution in [2.45, 2.75) is 104 Å². The Labute approximate surface area is 205 Å². The van der Waals surface area contributed by atoms with Gasteiger partial charge in [-0.1, -0.05) is 59.2 Å². The molecule has 1 aromatic heterocycles. The van der Waals surface area contributed by atoms with E-state index in [4.69, 9.17) is 10.3 Å². The van der Waals surface area contributed by atoms with E-state index in [1.54, 1.807) is 0 Å². The molecule has 4 heteroatoms. The normalized spacial score (nSPS) is 51.4. The second-order valence-electron chi connectivity index (χ2n) is 14.4. The molecule has 5 aliphatic carbocycles. The van der Waals surface area contributed by atoms with Gasteiger partial charge in [0.25, 0.3) is 0 Å². The average molecular weight is 465 g/mol. The first-order chi connectivity index (χ1) is 15.8. The third-order valence-corrected chi connectivity index (χ3v) is 12.8. The highest BCUT2D eigenvalue weighted by Gasteiger charge is 2.69. The number of fused-ring (bicyclic) bond motifs is 8. The maximum Gasteiger partial charge on any atom is 0.159 e. The van der Waals surface area contributed by atoms with Gasteiger partial charge >= 0.3 is 0 Å². The lowest BCUT2D eigenvalue weighted by Crippen LogP contribution is -2.69. The van der Waals surface area contributed by atoms with Crippen LogP contribution in [-0.2, 0) is 16.6 Å². The monoisotopic (exact) mass is 464 g/mol. The average Bonchev–Trinajstić information content (AvgIpc) is 3.23. The Hall–Kier alpha value is -1.42. The van der Waals surface area contributed by atoms with Crippen LogP contribution in [0.3, 0.4) is 0 Å². The van der Waals surface area contributed by atoms with Gasteiger partial charge in [-0.3, -0.25) is 4.79 Å². The summed E-state index contributed by atoms with van der Waals surface area (Å²) in [6.07, 6.45) is 11.7. The number of carbonyl (C=O) groups excluding carboxylic acids is 1. The summed E-state index contributed by atoms with van der Waals surface area (Å²) in [6.45, 7) is 16.8. The van der Waals surface area contributed by atoms with E-state index in [-0.39, 0.29) is 39.0 Å². The highest BCUT2D eigenvalue weighted by Crippen LogP contribution is 2.73. The van der Waals surface area contributed by atoms with Crippen molar-refractivity contribution in [3.63, 3.8) is 0 Å². The minimum Gasteiger partial charge on any atom is -0.361 e. The van der Waals surface area contributed by atoms with E-state index < -0.39 is 0 Å². The summed E-state index contributed by atoms with van der Waals surface area (Å²) in [5.41, 5.74) is 9.47. The van der Waals surface area contributed by atoms with Crippen molar-refractivity contribution >= 4 is 5.78 Å². The van der Waals surface area contributed by atoms with Crippen LogP contribution >= 0.6 is 0 Å². The second-order valence-corrected chi connectivity index (χ2v) is 14.4. The molecule has 186 valence electrons. The van der Waals surface area contributed by atoms with E-state index in [2.05, 4.69) is 59.7 Å². The zero-order valence-corrected chi connectivity index (χ0v) is 22.3. The van der Waals surface area contributed by atoms with Crippen LogP contribution in [-0.4, -0.2) is 16.5 Å². The van der Waals surface area contributed by atoms with Crippen LogP contribution in [0.25, 0.3) is 0 Å². The van der Waals surface area contributed by atoms with Crippen molar-refractivity contribution in [3.05, 3.63) is 29.2 Å². The van der Waals surface area contributed by atoms with Crippen LogP contribution in [0.2, 0.25) is 0 Å². The fraction of sp³-hybridized carbons (Fsp3) is 0.800. The van der Waals surface area contributed by atoms with Gasteiger partial charge < -0.3 is 10.3 Å². The van der Waals surface area contributed by atoms with E-state index in [0.717, 1.165) is 37.9 Å². The molecule has 9 atom stereocenters. The van der Waals surface area contributed by atoms with Gasteiger partial charge in [0.05, 0.1) is 6.20 Å². The number of rotatable bonds is 0. The molecule has 0 aliphatic heterocycles. The second kappa shape index (κ2) is 6.66. The zero-order valence-electron chi connectivity index (χ0n) is 22.3. The molecule has 5 aliphatic rings. The molecule has 0 aromatic carbocycles. The van der Waals surface area contributed by atoms with Crippen molar-refractivity contribution in [1.29, 1.82) is 0 Å². The minimum absolute atomic E-state index is 0.0172. The largest absolute Gasteiger partial charge is 0.361 e. The minimum atomic E-state index is -0.182. The third-order valence-electron chi connectivity index (χ3n) is 12.8. The number of aromatic nitrogens is 1.